The smallest absolute Gasteiger partial charge is 0.748 e. The van der Waals surface area contributed by atoms with Crippen LogP contribution in [0.3, 0.4) is 0 Å². The Labute approximate surface area is 204 Å². The van der Waals surface area contributed by atoms with E-state index in [4.69, 9.17) is 0 Å². The van der Waals surface area contributed by atoms with Crippen LogP contribution in [0.2, 0.25) is 0 Å². The van der Waals surface area contributed by atoms with Crippen LogP contribution in [0.4, 0.5) is 0 Å². The van der Waals surface area contributed by atoms with Gasteiger partial charge in [0.2, 0.25) is 0 Å². The third kappa shape index (κ3) is 21.9. The van der Waals surface area contributed by atoms with Crippen molar-refractivity contribution in [1.82, 2.24) is 0 Å². The van der Waals surface area contributed by atoms with Crippen LogP contribution in [0.15, 0.2) is 0 Å². The van der Waals surface area contributed by atoms with Crippen molar-refractivity contribution in [3.05, 3.63) is 0 Å². The molecule has 0 aromatic rings. The first kappa shape index (κ1) is 32.1. The predicted molar refractivity (Wildman–Crippen MR) is 119 cm³/mol. The number of aliphatic hydroxyl groups is 1. The first-order chi connectivity index (χ1) is 13.4. The zero-order valence-corrected chi connectivity index (χ0v) is 22.5. The molecule has 0 spiro atoms. The Hall–Kier alpha value is 0.870. The standard InChI is InChI=1S/C23H48O4S.Na/c1-3-5-15-20-23(28(25,26)27)21-17-14-12-10-8-7-9-11-13-16-19-22(24)18-6-4-2;/h22-24H,3-21H2,1-2H3,(H,25,26,27);/q;+1/p-1. The van der Waals surface area contributed by atoms with Crippen LogP contribution < -0.4 is 29.6 Å². The molecule has 0 fully saturated rings. The van der Waals surface area contributed by atoms with Crippen molar-refractivity contribution in [3.8, 4) is 0 Å². The van der Waals surface area contributed by atoms with E-state index in [0.717, 1.165) is 70.6 Å². The fourth-order valence-electron chi connectivity index (χ4n) is 3.81. The molecule has 0 rings (SSSR count). The summed E-state index contributed by atoms with van der Waals surface area (Å²) < 4.78 is 34.1. The van der Waals surface area contributed by atoms with Crippen molar-refractivity contribution >= 4 is 10.1 Å². The molecule has 170 valence electrons. The van der Waals surface area contributed by atoms with Crippen LogP contribution in [0.25, 0.3) is 0 Å². The van der Waals surface area contributed by atoms with Gasteiger partial charge in [0.05, 0.1) is 16.2 Å². The predicted octanol–water partition coefficient (Wildman–Crippen LogP) is 3.72. The molecule has 0 aromatic carbocycles. The zero-order valence-electron chi connectivity index (χ0n) is 19.7. The van der Waals surface area contributed by atoms with E-state index in [1.165, 1.54) is 38.5 Å². The molecule has 0 aliphatic rings. The fourth-order valence-corrected chi connectivity index (χ4v) is 4.72. The van der Waals surface area contributed by atoms with E-state index >= 15 is 0 Å². The molecule has 0 saturated carbocycles. The Morgan fingerprint density at radius 1 is 0.621 bits per heavy atom. The molecule has 1 N–H and O–H groups in total. The Kier molecular flexibility index (Phi) is 24.4. The molecular formula is C23H47NaO4S. The van der Waals surface area contributed by atoms with Gasteiger partial charge in [-0.2, -0.15) is 0 Å². The number of aliphatic hydroxyl groups excluding tert-OH is 1. The first-order valence-electron chi connectivity index (χ1n) is 12.0. The molecule has 4 nitrogen and oxygen atoms in total. The van der Waals surface area contributed by atoms with Crippen LogP contribution in [0.1, 0.15) is 136 Å². The van der Waals surface area contributed by atoms with Crippen LogP contribution in [-0.4, -0.2) is 29.4 Å². The Bertz CT molecular complexity index is 429. The van der Waals surface area contributed by atoms with E-state index in [9.17, 15) is 18.1 Å². The van der Waals surface area contributed by atoms with Gasteiger partial charge in [-0.3, -0.25) is 0 Å². The summed E-state index contributed by atoms with van der Waals surface area (Å²) in [6, 6.07) is 0. The maximum atomic E-state index is 11.4. The summed E-state index contributed by atoms with van der Waals surface area (Å²) in [6.45, 7) is 4.24. The van der Waals surface area contributed by atoms with Crippen LogP contribution in [0.5, 0.6) is 0 Å². The van der Waals surface area contributed by atoms with Gasteiger partial charge in [0, 0.05) is 5.25 Å². The van der Waals surface area contributed by atoms with Gasteiger partial charge in [-0.15, -0.1) is 0 Å². The quantitative estimate of drug-likeness (QED) is 0.167. The average molecular weight is 443 g/mol. The van der Waals surface area contributed by atoms with Gasteiger partial charge < -0.3 is 9.66 Å². The Balaban J connectivity index is 0. The van der Waals surface area contributed by atoms with Gasteiger partial charge in [-0.05, 0) is 25.7 Å². The Morgan fingerprint density at radius 2 is 0.966 bits per heavy atom. The van der Waals surface area contributed by atoms with Gasteiger partial charge in [0.1, 0.15) is 0 Å². The molecule has 29 heavy (non-hydrogen) atoms. The molecular weight excluding hydrogens is 395 g/mol. The van der Waals surface area contributed by atoms with Crippen LogP contribution in [-0.2, 0) is 10.1 Å². The molecule has 0 bridgehead atoms. The van der Waals surface area contributed by atoms with E-state index in [0.29, 0.717) is 12.8 Å². The SMILES string of the molecule is CCCCCC(CCCCCCCCCCCCC(O)CCCC)S(=O)(=O)[O-].[Na+]. The van der Waals surface area contributed by atoms with Gasteiger partial charge in [0.25, 0.3) is 0 Å². The molecule has 0 radical (unpaired) electrons. The number of hydrogen-bond donors (Lipinski definition) is 1. The van der Waals surface area contributed by atoms with Gasteiger partial charge >= 0.3 is 29.6 Å². The minimum absolute atomic E-state index is 0. The maximum Gasteiger partial charge on any atom is 1.00 e. The average Bonchev–Trinajstić information content (AvgIpc) is 2.64. The van der Waals surface area contributed by atoms with Crippen molar-refractivity contribution in [1.29, 1.82) is 0 Å². The number of hydrogen-bond acceptors (Lipinski definition) is 4. The normalized spacial score (nSPS) is 13.8. The van der Waals surface area contributed by atoms with E-state index in [1.807, 2.05) is 0 Å². The number of rotatable bonds is 21. The summed E-state index contributed by atoms with van der Waals surface area (Å²) in [5.74, 6) is 0. The molecule has 2 atom stereocenters. The molecule has 0 aliphatic heterocycles. The molecule has 0 aliphatic carbocycles. The monoisotopic (exact) mass is 442 g/mol. The van der Waals surface area contributed by atoms with Gasteiger partial charge in [-0.1, -0.05) is 110 Å². The summed E-state index contributed by atoms with van der Waals surface area (Å²) in [5, 5.41) is 9.14. The van der Waals surface area contributed by atoms with E-state index < -0.39 is 15.4 Å². The van der Waals surface area contributed by atoms with Gasteiger partial charge in [0.15, 0.2) is 0 Å². The molecule has 0 saturated heterocycles. The third-order valence-electron chi connectivity index (χ3n) is 5.74. The van der Waals surface area contributed by atoms with Crippen molar-refractivity contribution in [2.45, 2.75) is 147 Å². The van der Waals surface area contributed by atoms with E-state index in [2.05, 4.69) is 13.8 Å². The molecule has 6 heteroatoms. The topological polar surface area (TPSA) is 77.4 Å². The minimum atomic E-state index is -4.13. The van der Waals surface area contributed by atoms with Crippen molar-refractivity contribution < 1.29 is 47.6 Å². The molecule has 0 heterocycles. The molecule has 0 aromatic heterocycles. The summed E-state index contributed by atoms with van der Waals surface area (Å²) in [7, 11) is -4.13. The largest absolute Gasteiger partial charge is 1.00 e. The summed E-state index contributed by atoms with van der Waals surface area (Å²) in [4.78, 5) is 0. The summed E-state index contributed by atoms with van der Waals surface area (Å²) >= 11 is 0. The maximum absolute atomic E-state index is 11.4. The van der Waals surface area contributed by atoms with E-state index in [-0.39, 0.29) is 35.7 Å². The second kappa shape index (κ2) is 22.1. The molecule has 2 unspecified atom stereocenters. The molecule has 0 amide bonds. The van der Waals surface area contributed by atoms with Crippen molar-refractivity contribution in [2.75, 3.05) is 0 Å². The van der Waals surface area contributed by atoms with Crippen molar-refractivity contribution in [3.63, 3.8) is 0 Å². The number of unbranched alkanes of at least 4 members (excludes halogenated alkanes) is 12. The summed E-state index contributed by atoms with van der Waals surface area (Å²) in [5.41, 5.74) is 0. The fraction of sp³-hybridized carbons (Fsp3) is 1.00. The zero-order chi connectivity index (χ0) is 21.1. The van der Waals surface area contributed by atoms with Crippen LogP contribution >= 0.6 is 0 Å². The minimum Gasteiger partial charge on any atom is -0.748 e. The van der Waals surface area contributed by atoms with Gasteiger partial charge in [-0.25, -0.2) is 8.42 Å². The first-order valence-corrected chi connectivity index (χ1v) is 13.5. The Morgan fingerprint density at radius 3 is 1.38 bits per heavy atom. The summed E-state index contributed by atoms with van der Waals surface area (Å²) in [6.07, 6.45) is 19.8. The third-order valence-corrected chi connectivity index (χ3v) is 7.03. The van der Waals surface area contributed by atoms with Crippen LogP contribution in [0, 0.1) is 0 Å². The second-order valence-corrected chi connectivity index (χ2v) is 10.2. The second-order valence-electron chi connectivity index (χ2n) is 8.52. The van der Waals surface area contributed by atoms with Crippen molar-refractivity contribution in [2.24, 2.45) is 0 Å². The van der Waals surface area contributed by atoms with E-state index in [1.54, 1.807) is 0 Å².